The summed E-state index contributed by atoms with van der Waals surface area (Å²) in [6, 6.07) is 15.9. The summed E-state index contributed by atoms with van der Waals surface area (Å²) < 4.78 is 0. The summed E-state index contributed by atoms with van der Waals surface area (Å²) in [6.07, 6.45) is 5.09. The Morgan fingerprint density at radius 1 is 1.07 bits per heavy atom. The van der Waals surface area contributed by atoms with E-state index in [1.807, 2.05) is 24.3 Å². The van der Waals surface area contributed by atoms with Crippen molar-refractivity contribution in [1.29, 1.82) is 0 Å². The van der Waals surface area contributed by atoms with Crippen LogP contribution in [0.1, 0.15) is 25.7 Å². The molecule has 1 atom stereocenters. The number of fused-ring (bicyclic) bond motifs is 1. The second-order valence-corrected chi connectivity index (χ2v) is 8.38. The maximum absolute atomic E-state index is 6.20. The fourth-order valence-electron chi connectivity index (χ4n) is 3.96. The van der Waals surface area contributed by atoms with E-state index >= 15 is 0 Å². The molecule has 4 rings (SSSR count). The summed E-state index contributed by atoms with van der Waals surface area (Å²) in [7, 11) is 0. The summed E-state index contributed by atoms with van der Waals surface area (Å²) in [5.74, 6) is 0.814. The van der Waals surface area contributed by atoms with Gasteiger partial charge < -0.3 is 10.6 Å². The number of piperidine rings is 1. The maximum atomic E-state index is 6.20. The normalized spacial score (nSPS) is 17.0. The Morgan fingerprint density at radius 3 is 2.68 bits per heavy atom. The van der Waals surface area contributed by atoms with Crippen LogP contribution in [0.2, 0.25) is 10.0 Å². The molecular weight excluding hydrogens is 389 g/mol. The van der Waals surface area contributed by atoms with E-state index in [1.165, 1.54) is 32.2 Å². The van der Waals surface area contributed by atoms with E-state index in [9.17, 15) is 0 Å². The molecule has 1 aliphatic rings. The Kier molecular flexibility index (Phi) is 6.36. The van der Waals surface area contributed by atoms with Gasteiger partial charge in [-0.2, -0.15) is 0 Å². The molecule has 1 aliphatic heterocycles. The van der Waals surface area contributed by atoms with Crippen molar-refractivity contribution in [1.82, 2.24) is 10.3 Å². The van der Waals surface area contributed by atoms with E-state index in [1.54, 1.807) is 6.07 Å². The summed E-state index contributed by atoms with van der Waals surface area (Å²) in [6.45, 7) is 3.30. The number of nitrogens with zero attached hydrogens (tertiary/aromatic N) is 1. The summed E-state index contributed by atoms with van der Waals surface area (Å²) in [5, 5.41) is 9.52. The van der Waals surface area contributed by atoms with Crippen LogP contribution in [0.4, 0.5) is 5.69 Å². The molecule has 0 amide bonds. The van der Waals surface area contributed by atoms with E-state index in [0.717, 1.165) is 46.9 Å². The van der Waals surface area contributed by atoms with E-state index < -0.39 is 0 Å². The van der Waals surface area contributed by atoms with Crippen molar-refractivity contribution >= 4 is 39.8 Å². The minimum absolute atomic E-state index is 0.619. The van der Waals surface area contributed by atoms with Gasteiger partial charge in [0.15, 0.2) is 0 Å². The molecule has 3 aromatic rings. The van der Waals surface area contributed by atoms with Gasteiger partial charge in [-0.3, -0.25) is 0 Å². The highest BCUT2D eigenvalue weighted by Gasteiger charge is 2.13. The van der Waals surface area contributed by atoms with Crippen LogP contribution in [0, 0.1) is 5.92 Å². The first-order valence-corrected chi connectivity index (χ1v) is 10.8. The van der Waals surface area contributed by atoms with Crippen LogP contribution in [-0.4, -0.2) is 24.6 Å². The second-order valence-electron chi connectivity index (χ2n) is 7.51. The zero-order chi connectivity index (χ0) is 19.3. The number of hydrogen-bond donors (Lipinski definition) is 2. The van der Waals surface area contributed by atoms with Crippen LogP contribution >= 0.6 is 23.2 Å². The first-order valence-electron chi connectivity index (χ1n) is 10.00. The van der Waals surface area contributed by atoms with Crippen LogP contribution in [0.5, 0.6) is 0 Å². The molecule has 2 aromatic carbocycles. The van der Waals surface area contributed by atoms with Gasteiger partial charge in [0.05, 0.1) is 11.2 Å². The Labute approximate surface area is 176 Å². The van der Waals surface area contributed by atoms with Crippen LogP contribution < -0.4 is 10.6 Å². The standard InChI is InChI=1S/C23H25Cl2N3/c24-18-11-17(12-19(25)13-18)22-14-23(20-7-1-2-8-21(20)28-22)27-10-4-6-16-5-3-9-26-15-16/h1-2,7-8,11-14,16,26H,3-6,9-10,15H2,(H,27,28). The number of hydrogen-bond acceptors (Lipinski definition) is 3. The number of rotatable bonds is 6. The first kappa shape index (κ1) is 19.5. The highest BCUT2D eigenvalue weighted by molar-refractivity contribution is 6.35. The van der Waals surface area contributed by atoms with Crippen LogP contribution in [0.3, 0.4) is 0 Å². The number of anilines is 1. The van der Waals surface area contributed by atoms with Gasteiger partial charge in [0.1, 0.15) is 0 Å². The smallest absolute Gasteiger partial charge is 0.0731 e. The summed E-state index contributed by atoms with van der Waals surface area (Å²) in [4.78, 5) is 4.82. The lowest BCUT2D eigenvalue weighted by molar-refractivity contribution is 0.353. The largest absolute Gasteiger partial charge is 0.384 e. The van der Waals surface area contributed by atoms with Crippen LogP contribution in [0.15, 0.2) is 48.5 Å². The second kappa shape index (κ2) is 9.13. The highest BCUT2D eigenvalue weighted by atomic mass is 35.5. The molecule has 2 N–H and O–H groups in total. The topological polar surface area (TPSA) is 37.0 Å². The van der Waals surface area contributed by atoms with Gasteiger partial charge in [0.25, 0.3) is 0 Å². The van der Waals surface area contributed by atoms with E-state index in [-0.39, 0.29) is 0 Å². The van der Waals surface area contributed by atoms with Crippen molar-refractivity contribution in [3.63, 3.8) is 0 Å². The first-order chi connectivity index (χ1) is 13.7. The summed E-state index contributed by atoms with van der Waals surface area (Å²) in [5.41, 5.74) is 3.88. The molecule has 1 unspecified atom stereocenters. The molecule has 1 saturated heterocycles. The number of para-hydroxylation sites is 1. The lowest BCUT2D eigenvalue weighted by atomic mass is 9.95. The van der Waals surface area contributed by atoms with Gasteiger partial charge in [-0.05, 0) is 75.0 Å². The van der Waals surface area contributed by atoms with Gasteiger partial charge in [0, 0.05) is 33.2 Å². The molecule has 1 fully saturated rings. The predicted octanol–water partition coefficient (Wildman–Crippen LogP) is 6.40. The van der Waals surface area contributed by atoms with E-state index in [0.29, 0.717) is 10.0 Å². The van der Waals surface area contributed by atoms with E-state index in [2.05, 4.69) is 28.8 Å². The maximum Gasteiger partial charge on any atom is 0.0731 e. The third kappa shape index (κ3) is 4.78. The average Bonchev–Trinajstić information content (AvgIpc) is 2.71. The van der Waals surface area contributed by atoms with Gasteiger partial charge in [0.2, 0.25) is 0 Å². The fourth-order valence-corrected chi connectivity index (χ4v) is 4.48. The molecule has 0 radical (unpaired) electrons. The van der Waals surface area contributed by atoms with Crippen molar-refractivity contribution in [2.24, 2.45) is 5.92 Å². The minimum atomic E-state index is 0.619. The van der Waals surface area contributed by atoms with E-state index in [4.69, 9.17) is 28.2 Å². The van der Waals surface area contributed by atoms with Crippen molar-refractivity contribution in [2.45, 2.75) is 25.7 Å². The molecule has 2 heterocycles. The van der Waals surface area contributed by atoms with Crippen LogP contribution in [-0.2, 0) is 0 Å². The van der Waals surface area contributed by atoms with Crippen molar-refractivity contribution in [3.8, 4) is 11.3 Å². The minimum Gasteiger partial charge on any atom is -0.384 e. The molecule has 3 nitrogen and oxygen atoms in total. The molecule has 1 aromatic heterocycles. The lowest BCUT2D eigenvalue weighted by Crippen LogP contribution is -2.29. The van der Waals surface area contributed by atoms with Crippen molar-refractivity contribution in [2.75, 3.05) is 25.0 Å². The van der Waals surface area contributed by atoms with Gasteiger partial charge in [-0.25, -0.2) is 4.98 Å². The molecule has 146 valence electrons. The van der Waals surface area contributed by atoms with Gasteiger partial charge in [-0.1, -0.05) is 41.4 Å². The molecule has 28 heavy (non-hydrogen) atoms. The highest BCUT2D eigenvalue weighted by Crippen LogP contribution is 2.31. The zero-order valence-electron chi connectivity index (χ0n) is 15.8. The molecule has 0 bridgehead atoms. The lowest BCUT2D eigenvalue weighted by Gasteiger charge is -2.22. The Bertz CT molecular complexity index is 931. The van der Waals surface area contributed by atoms with Crippen LogP contribution in [0.25, 0.3) is 22.2 Å². The SMILES string of the molecule is Clc1cc(Cl)cc(-c2cc(NCCCC3CCCNC3)c3ccccc3n2)c1. The predicted molar refractivity (Wildman–Crippen MR) is 121 cm³/mol. The molecule has 0 saturated carbocycles. The van der Waals surface area contributed by atoms with Crippen molar-refractivity contribution < 1.29 is 0 Å². The Balaban J connectivity index is 1.54. The molecule has 0 spiro atoms. The zero-order valence-corrected chi connectivity index (χ0v) is 17.4. The number of nitrogens with one attached hydrogen (secondary N) is 2. The molecule has 0 aliphatic carbocycles. The number of halogens is 2. The monoisotopic (exact) mass is 413 g/mol. The van der Waals surface area contributed by atoms with Gasteiger partial charge in [-0.15, -0.1) is 0 Å². The number of aromatic nitrogens is 1. The summed E-state index contributed by atoms with van der Waals surface area (Å²) >= 11 is 12.4. The molecule has 5 heteroatoms. The fraction of sp³-hybridized carbons (Fsp3) is 0.348. The number of pyridine rings is 1. The molecular formula is C23H25Cl2N3. The Morgan fingerprint density at radius 2 is 1.89 bits per heavy atom. The quantitative estimate of drug-likeness (QED) is 0.458. The third-order valence-electron chi connectivity index (χ3n) is 5.38. The number of benzene rings is 2. The van der Waals surface area contributed by atoms with Crippen molar-refractivity contribution in [3.05, 3.63) is 58.6 Å². The van der Waals surface area contributed by atoms with Gasteiger partial charge >= 0.3 is 0 Å². The Hall–Kier alpha value is -1.81. The average molecular weight is 414 g/mol. The third-order valence-corrected chi connectivity index (χ3v) is 5.81.